The third kappa shape index (κ3) is 6.57. The molecule has 1 N–H and O–H groups in total. The molecule has 0 bridgehead atoms. The van der Waals surface area contributed by atoms with Gasteiger partial charge in [-0.25, -0.2) is 14.2 Å². The predicted octanol–water partition coefficient (Wildman–Crippen LogP) is 7.37. The lowest BCUT2D eigenvalue weighted by atomic mass is 10.1. The molecule has 35 heavy (non-hydrogen) atoms. The van der Waals surface area contributed by atoms with Gasteiger partial charge in [0.2, 0.25) is 0 Å². The Morgan fingerprint density at radius 3 is 2.60 bits per heavy atom. The number of pyridine rings is 1. The maximum absolute atomic E-state index is 13.6. The molecule has 0 radical (unpaired) electrons. The van der Waals surface area contributed by atoms with E-state index in [1.54, 1.807) is 30.5 Å². The summed E-state index contributed by atoms with van der Waals surface area (Å²) in [6.07, 6.45) is 3.64. The minimum absolute atomic E-state index is 0.303. The van der Waals surface area contributed by atoms with Gasteiger partial charge in [0.1, 0.15) is 23.1 Å². The van der Waals surface area contributed by atoms with Crippen LogP contribution in [0.25, 0.3) is 10.8 Å². The molecular formula is C29H29FN2O3. The third-order valence-electron chi connectivity index (χ3n) is 5.59. The zero-order valence-electron chi connectivity index (χ0n) is 20.0. The fourth-order valence-corrected chi connectivity index (χ4v) is 3.76. The number of hydrogen-bond acceptors (Lipinski definition) is 5. The van der Waals surface area contributed by atoms with Gasteiger partial charge in [-0.1, -0.05) is 44.2 Å². The summed E-state index contributed by atoms with van der Waals surface area (Å²) in [4.78, 5) is 16.8. The van der Waals surface area contributed by atoms with Crippen LogP contribution < -0.4 is 10.1 Å². The second kappa shape index (κ2) is 11.5. The van der Waals surface area contributed by atoms with Gasteiger partial charge in [-0.2, -0.15) is 0 Å². The lowest BCUT2D eigenvalue weighted by Gasteiger charge is -2.14. The number of carbonyl (C=O) groups excluding carboxylic acids is 1. The molecule has 0 aliphatic rings. The number of fused-ring (bicyclic) bond motifs is 1. The second-order valence-electron chi connectivity index (χ2n) is 8.80. The largest absolute Gasteiger partial charge is 0.462 e. The number of carbonyl (C=O) groups is 1. The highest BCUT2D eigenvalue weighted by atomic mass is 19.1. The van der Waals surface area contributed by atoms with Crippen molar-refractivity contribution in [1.82, 2.24) is 4.98 Å². The van der Waals surface area contributed by atoms with E-state index in [1.807, 2.05) is 36.4 Å². The highest BCUT2D eigenvalue weighted by molar-refractivity contribution is 5.97. The normalized spacial score (nSPS) is 11.0. The summed E-state index contributed by atoms with van der Waals surface area (Å²) in [5.74, 6) is 1.59. The van der Waals surface area contributed by atoms with Crippen molar-refractivity contribution in [2.45, 2.75) is 33.2 Å². The summed E-state index contributed by atoms with van der Waals surface area (Å²) in [7, 11) is 0. The van der Waals surface area contributed by atoms with E-state index in [0.717, 1.165) is 29.2 Å². The van der Waals surface area contributed by atoms with Crippen LogP contribution in [0.4, 0.5) is 10.2 Å². The summed E-state index contributed by atoms with van der Waals surface area (Å²) >= 11 is 0. The Morgan fingerprint density at radius 2 is 1.83 bits per heavy atom. The first-order valence-corrected chi connectivity index (χ1v) is 11.8. The quantitative estimate of drug-likeness (QED) is 0.193. The number of nitrogens with zero attached hydrogens (tertiary/aromatic N) is 1. The molecule has 0 amide bonds. The topological polar surface area (TPSA) is 60.5 Å². The number of hydrogen-bond donors (Lipinski definition) is 1. The molecule has 4 aromatic rings. The molecule has 6 heteroatoms. The Balaban J connectivity index is 1.44. The van der Waals surface area contributed by atoms with E-state index < -0.39 is 0 Å². The van der Waals surface area contributed by atoms with Gasteiger partial charge >= 0.3 is 5.97 Å². The molecule has 0 unspecified atom stereocenters. The molecule has 0 aliphatic carbocycles. The van der Waals surface area contributed by atoms with Crippen molar-refractivity contribution >= 4 is 22.6 Å². The maximum Gasteiger partial charge on any atom is 0.338 e. The summed E-state index contributed by atoms with van der Waals surface area (Å²) in [6, 6.07) is 21.0. The van der Waals surface area contributed by atoms with Crippen molar-refractivity contribution in [1.29, 1.82) is 0 Å². The lowest BCUT2D eigenvalue weighted by molar-refractivity contribution is 0.0494. The van der Waals surface area contributed by atoms with Gasteiger partial charge in [-0.15, -0.1) is 0 Å². The number of benzene rings is 3. The molecule has 0 spiro atoms. The van der Waals surface area contributed by atoms with E-state index in [2.05, 4.69) is 24.1 Å². The minimum atomic E-state index is -0.359. The first-order valence-electron chi connectivity index (χ1n) is 11.8. The Hall–Kier alpha value is -3.93. The maximum atomic E-state index is 13.6. The summed E-state index contributed by atoms with van der Waals surface area (Å²) in [5.41, 5.74) is 1.52. The fraction of sp³-hybridized carbons (Fsp3) is 0.241. The number of aromatic nitrogens is 1. The lowest BCUT2D eigenvalue weighted by Crippen LogP contribution is -2.08. The van der Waals surface area contributed by atoms with Gasteiger partial charge in [-0.05, 0) is 66.1 Å². The van der Waals surface area contributed by atoms with Crippen molar-refractivity contribution in [2.24, 2.45) is 5.92 Å². The first-order chi connectivity index (χ1) is 17.0. The summed E-state index contributed by atoms with van der Waals surface area (Å²) in [6.45, 7) is 5.25. The van der Waals surface area contributed by atoms with E-state index in [0.29, 0.717) is 41.9 Å². The number of halogens is 1. The van der Waals surface area contributed by atoms with Gasteiger partial charge in [0.25, 0.3) is 0 Å². The van der Waals surface area contributed by atoms with Crippen molar-refractivity contribution in [3.8, 4) is 11.5 Å². The Morgan fingerprint density at radius 1 is 1.03 bits per heavy atom. The molecule has 1 aromatic heterocycles. The molecule has 0 saturated carbocycles. The molecule has 1 heterocycles. The van der Waals surface area contributed by atoms with E-state index in [4.69, 9.17) is 9.47 Å². The Bertz CT molecular complexity index is 1280. The van der Waals surface area contributed by atoms with Gasteiger partial charge in [-0.3, -0.25) is 0 Å². The molecule has 0 fully saturated rings. The van der Waals surface area contributed by atoms with Crippen LogP contribution >= 0.6 is 0 Å². The van der Waals surface area contributed by atoms with Crippen LogP contribution in [0.15, 0.2) is 79.0 Å². The van der Waals surface area contributed by atoms with Crippen LogP contribution in [0.3, 0.4) is 0 Å². The monoisotopic (exact) mass is 472 g/mol. The number of esters is 1. The fourth-order valence-electron chi connectivity index (χ4n) is 3.76. The molecular weight excluding hydrogens is 443 g/mol. The van der Waals surface area contributed by atoms with Gasteiger partial charge < -0.3 is 14.8 Å². The van der Waals surface area contributed by atoms with Gasteiger partial charge in [0.15, 0.2) is 0 Å². The van der Waals surface area contributed by atoms with Crippen molar-refractivity contribution in [2.75, 3.05) is 11.9 Å². The second-order valence-corrected chi connectivity index (χ2v) is 8.80. The highest BCUT2D eigenvalue weighted by Crippen LogP contribution is 2.34. The minimum Gasteiger partial charge on any atom is -0.462 e. The van der Waals surface area contributed by atoms with Crippen molar-refractivity contribution in [3.05, 3.63) is 95.9 Å². The predicted molar refractivity (Wildman–Crippen MR) is 136 cm³/mol. The summed E-state index contributed by atoms with van der Waals surface area (Å²) in [5, 5.41) is 5.12. The van der Waals surface area contributed by atoms with Crippen molar-refractivity contribution < 1.29 is 18.7 Å². The number of nitrogens with one attached hydrogen (secondary N) is 1. The number of ether oxygens (including phenoxy) is 2. The molecule has 4 rings (SSSR count). The standard InChI is InChI=1S/C29H29FN2O3/c1-20(2)6-5-17-34-29(33)23-13-11-21(12-14-23)19-32-28-27-22(15-16-31-28)7-3-10-26(27)35-25-9-4-8-24(30)18-25/h3-4,7-16,18,20H,5-6,17,19H2,1-2H3,(H,31,32). The third-order valence-corrected chi connectivity index (χ3v) is 5.59. The van der Waals surface area contributed by atoms with Crippen LogP contribution in [0.5, 0.6) is 11.5 Å². The average Bonchev–Trinajstić information content (AvgIpc) is 2.85. The van der Waals surface area contributed by atoms with E-state index in [-0.39, 0.29) is 11.8 Å². The Kier molecular flexibility index (Phi) is 7.93. The number of rotatable bonds is 10. The molecule has 5 nitrogen and oxygen atoms in total. The van der Waals surface area contributed by atoms with E-state index in [9.17, 15) is 9.18 Å². The smallest absolute Gasteiger partial charge is 0.338 e. The SMILES string of the molecule is CC(C)CCCOC(=O)c1ccc(CNc2nccc3cccc(Oc4cccc(F)c4)c23)cc1. The average molecular weight is 473 g/mol. The Labute approximate surface area is 204 Å². The zero-order valence-corrected chi connectivity index (χ0v) is 20.0. The van der Waals surface area contributed by atoms with E-state index >= 15 is 0 Å². The van der Waals surface area contributed by atoms with E-state index in [1.165, 1.54) is 12.1 Å². The zero-order chi connectivity index (χ0) is 24.6. The van der Waals surface area contributed by atoms with Crippen LogP contribution in [-0.2, 0) is 11.3 Å². The van der Waals surface area contributed by atoms with Crippen LogP contribution in [-0.4, -0.2) is 17.6 Å². The molecule has 0 atom stereocenters. The van der Waals surface area contributed by atoms with Gasteiger partial charge in [0, 0.05) is 18.8 Å². The van der Waals surface area contributed by atoms with Crippen LogP contribution in [0.1, 0.15) is 42.6 Å². The highest BCUT2D eigenvalue weighted by Gasteiger charge is 2.11. The molecule has 0 saturated heterocycles. The van der Waals surface area contributed by atoms with Crippen LogP contribution in [0, 0.1) is 11.7 Å². The van der Waals surface area contributed by atoms with Crippen LogP contribution in [0.2, 0.25) is 0 Å². The number of anilines is 1. The molecule has 3 aromatic carbocycles. The summed E-state index contributed by atoms with van der Waals surface area (Å²) < 4.78 is 25.0. The molecule has 0 aliphatic heterocycles. The molecule has 180 valence electrons. The first kappa shape index (κ1) is 24.2. The van der Waals surface area contributed by atoms with Gasteiger partial charge in [0.05, 0.1) is 17.6 Å². The van der Waals surface area contributed by atoms with Crippen molar-refractivity contribution in [3.63, 3.8) is 0 Å².